The van der Waals surface area contributed by atoms with Gasteiger partial charge in [-0.1, -0.05) is 28.8 Å². The number of rotatable bonds is 5. The molecule has 0 aliphatic heterocycles. The smallest absolute Gasteiger partial charge is 0.123 e. The van der Waals surface area contributed by atoms with Crippen LogP contribution in [0.3, 0.4) is 0 Å². The Kier molecular flexibility index (Phi) is 4.72. The summed E-state index contributed by atoms with van der Waals surface area (Å²) in [5.41, 5.74) is 1.15. The van der Waals surface area contributed by atoms with Crippen molar-refractivity contribution in [2.45, 2.75) is 31.0 Å². The average Bonchev–Trinajstić information content (AvgIpc) is 2.89. The van der Waals surface area contributed by atoms with E-state index in [1.807, 2.05) is 18.2 Å². The summed E-state index contributed by atoms with van der Waals surface area (Å²) < 4.78 is 11.1. The minimum atomic E-state index is 0.750. The Balaban J connectivity index is 1.98. The molecule has 1 aromatic carbocycles. The lowest BCUT2D eigenvalue weighted by atomic mass is 10.1. The van der Waals surface area contributed by atoms with E-state index >= 15 is 0 Å². The van der Waals surface area contributed by atoms with Crippen LogP contribution in [0.2, 0.25) is 0 Å². The molecule has 0 N–H and O–H groups in total. The molecule has 0 amide bonds. The summed E-state index contributed by atoms with van der Waals surface area (Å²) in [6, 6.07) is 5.99. The third-order valence-electron chi connectivity index (χ3n) is 3.36. The molecule has 2 nitrogen and oxygen atoms in total. The standard InChI is InChI=1S/C14H19BrO2/c1-16-13-6-7-14(12(8-13)9-15)17-10-11-4-2-3-5-11/h6-8,11H,2-5,9-10H2,1H3. The Morgan fingerprint density at radius 2 is 2.06 bits per heavy atom. The summed E-state index contributed by atoms with van der Waals surface area (Å²) in [5, 5.41) is 0.796. The Labute approximate surface area is 111 Å². The number of ether oxygens (including phenoxy) is 2. The fraction of sp³-hybridized carbons (Fsp3) is 0.571. The Bertz CT molecular complexity index is 359. The van der Waals surface area contributed by atoms with E-state index in [1.54, 1.807) is 7.11 Å². The zero-order chi connectivity index (χ0) is 12.1. The van der Waals surface area contributed by atoms with Crippen LogP contribution in [0.25, 0.3) is 0 Å². The van der Waals surface area contributed by atoms with E-state index in [2.05, 4.69) is 15.9 Å². The van der Waals surface area contributed by atoms with Crippen LogP contribution in [-0.4, -0.2) is 13.7 Å². The molecular formula is C14H19BrO2. The lowest BCUT2D eigenvalue weighted by Gasteiger charge is -2.14. The van der Waals surface area contributed by atoms with E-state index in [0.717, 1.165) is 34.9 Å². The Morgan fingerprint density at radius 3 is 2.71 bits per heavy atom. The van der Waals surface area contributed by atoms with Crippen molar-refractivity contribution in [2.24, 2.45) is 5.92 Å². The number of benzene rings is 1. The third-order valence-corrected chi connectivity index (χ3v) is 3.97. The summed E-state index contributed by atoms with van der Waals surface area (Å²) >= 11 is 3.49. The molecule has 2 rings (SSSR count). The quantitative estimate of drug-likeness (QED) is 0.760. The van der Waals surface area contributed by atoms with Gasteiger partial charge in [0.25, 0.3) is 0 Å². The summed E-state index contributed by atoms with van der Waals surface area (Å²) in [6.45, 7) is 0.854. The van der Waals surface area contributed by atoms with Crippen molar-refractivity contribution in [3.05, 3.63) is 23.8 Å². The molecule has 0 spiro atoms. The molecule has 0 unspecified atom stereocenters. The van der Waals surface area contributed by atoms with E-state index in [0.29, 0.717) is 0 Å². The number of hydrogen-bond donors (Lipinski definition) is 0. The van der Waals surface area contributed by atoms with Gasteiger partial charge in [0.1, 0.15) is 11.5 Å². The van der Waals surface area contributed by atoms with Gasteiger partial charge >= 0.3 is 0 Å². The second-order valence-electron chi connectivity index (χ2n) is 4.57. The van der Waals surface area contributed by atoms with Gasteiger partial charge < -0.3 is 9.47 Å². The van der Waals surface area contributed by atoms with Gasteiger partial charge in [0, 0.05) is 10.9 Å². The summed E-state index contributed by atoms with van der Waals surface area (Å²) in [6.07, 6.45) is 5.36. The van der Waals surface area contributed by atoms with Crippen LogP contribution in [0.4, 0.5) is 0 Å². The van der Waals surface area contributed by atoms with Crippen molar-refractivity contribution in [1.29, 1.82) is 0 Å². The second-order valence-corrected chi connectivity index (χ2v) is 5.13. The molecule has 1 aliphatic carbocycles. The summed E-state index contributed by atoms with van der Waals surface area (Å²) in [5.74, 6) is 2.61. The Hall–Kier alpha value is -0.700. The van der Waals surface area contributed by atoms with Gasteiger partial charge in [-0.05, 0) is 37.0 Å². The monoisotopic (exact) mass is 298 g/mol. The molecule has 1 fully saturated rings. The van der Waals surface area contributed by atoms with Gasteiger partial charge in [-0.3, -0.25) is 0 Å². The van der Waals surface area contributed by atoms with Crippen molar-refractivity contribution in [1.82, 2.24) is 0 Å². The van der Waals surface area contributed by atoms with E-state index in [9.17, 15) is 0 Å². The van der Waals surface area contributed by atoms with E-state index in [-0.39, 0.29) is 0 Å². The van der Waals surface area contributed by atoms with Crippen LogP contribution >= 0.6 is 15.9 Å². The van der Waals surface area contributed by atoms with Gasteiger partial charge in [0.15, 0.2) is 0 Å². The Morgan fingerprint density at radius 1 is 1.29 bits per heavy atom. The van der Waals surface area contributed by atoms with Gasteiger partial charge in [-0.25, -0.2) is 0 Å². The molecule has 0 bridgehead atoms. The fourth-order valence-electron chi connectivity index (χ4n) is 2.31. The molecule has 0 radical (unpaired) electrons. The second kappa shape index (κ2) is 6.29. The minimum Gasteiger partial charge on any atom is -0.497 e. The molecule has 0 heterocycles. The highest BCUT2D eigenvalue weighted by atomic mass is 79.9. The van der Waals surface area contributed by atoms with E-state index in [4.69, 9.17) is 9.47 Å². The molecular weight excluding hydrogens is 280 g/mol. The molecule has 0 atom stereocenters. The van der Waals surface area contributed by atoms with Crippen LogP contribution in [0.5, 0.6) is 11.5 Å². The van der Waals surface area contributed by atoms with Crippen molar-refractivity contribution < 1.29 is 9.47 Å². The van der Waals surface area contributed by atoms with Crippen molar-refractivity contribution in [3.8, 4) is 11.5 Å². The predicted octanol–water partition coefficient (Wildman–Crippen LogP) is 4.16. The van der Waals surface area contributed by atoms with Gasteiger partial charge in [-0.15, -0.1) is 0 Å². The van der Waals surface area contributed by atoms with Crippen molar-refractivity contribution >= 4 is 15.9 Å². The zero-order valence-corrected chi connectivity index (χ0v) is 11.8. The summed E-state index contributed by atoms with van der Waals surface area (Å²) in [7, 11) is 1.69. The molecule has 1 aromatic rings. The minimum absolute atomic E-state index is 0.750. The molecule has 0 saturated heterocycles. The van der Waals surface area contributed by atoms with Crippen LogP contribution in [0.1, 0.15) is 31.2 Å². The number of methoxy groups -OCH3 is 1. The normalized spacial score (nSPS) is 16.1. The first kappa shape index (κ1) is 12.7. The lowest BCUT2D eigenvalue weighted by molar-refractivity contribution is 0.250. The average molecular weight is 299 g/mol. The molecule has 94 valence electrons. The first-order valence-electron chi connectivity index (χ1n) is 6.19. The highest BCUT2D eigenvalue weighted by Crippen LogP contribution is 2.29. The van der Waals surface area contributed by atoms with E-state index < -0.39 is 0 Å². The molecule has 0 aromatic heterocycles. The molecule has 1 saturated carbocycles. The van der Waals surface area contributed by atoms with Crippen LogP contribution < -0.4 is 9.47 Å². The highest BCUT2D eigenvalue weighted by Gasteiger charge is 2.16. The van der Waals surface area contributed by atoms with E-state index in [1.165, 1.54) is 25.7 Å². The van der Waals surface area contributed by atoms with Crippen molar-refractivity contribution in [2.75, 3.05) is 13.7 Å². The van der Waals surface area contributed by atoms with Crippen LogP contribution in [0, 0.1) is 5.92 Å². The molecule has 3 heteroatoms. The van der Waals surface area contributed by atoms with Gasteiger partial charge in [-0.2, -0.15) is 0 Å². The van der Waals surface area contributed by atoms with Crippen LogP contribution in [-0.2, 0) is 5.33 Å². The fourth-order valence-corrected chi connectivity index (χ4v) is 2.75. The maximum atomic E-state index is 5.93. The third kappa shape index (κ3) is 3.38. The number of hydrogen-bond acceptors (Lipinski definition) is 2. The number of halogens is 1. The first-order chi connectivity index (χ1) is 8.33. The maximum Gasteiger partial charge on any atom is 0.123 e. The lowest BCUT2D eigenvalue weighted by Crippen LogP contribution is -2.09. The maximum absolute atomic E-state index is 5.93. The van der Waals surface area contributed by atoms with Crippen molar-refractivity contribution in [3.63, 3.8) is 0 Å². The predicted molar refractivity (Wildman–Crippen MR) is 73.1 cm³/mol. The van der Waals surface area contributed by atoms with Crippen LogP contribution in [0.15, 0.2) is 18.2 Å². The SMILES string of the molecule is COc1ccc(OCC2CCCC2)c(CBr)c1. The zero-order valence-electron chi connectivity index (χ0n) is 10.2. The van der Waals surface area contributed by atoms with Gasteiger partial charge in [0.05, 0.1) is 13.7 Å². The van der Waals surface area contributed by atoms with Gasteiger partial charge in [0.2, 0.25) is 0 Å². The largest absolute Gasteiger partial charge is 0.497 e. The molecule has 17 heavy (non-hydrogen) atoms. The number of alkyl halides is 1. The topological polar surface area (TPSA) is 18.5 Å². The first-order valence-corrected chi connectivity index (χ1v) is 7.31. The molecule has 1 aliphatic rings. The highest BCUT2D eigenvalue weighted by molar-refractivity contribution is 9.08. The summed E-state index contributed by atoms with van der Waals surface area (Å²) in [4.78, 5) is 0.